The fourth-order valence-corrected chi connectivity index (χ4v) is 4.35. The number of hydrogen-bond donors (Lipinski definition) is 0. The zero-order valence-corrected chi connectivity index (χ0v) is 22.0. The normalized spacial score (nSPS) is 15.5. The lowest BCUT2D eigenvalue weighted by molar-refractivity contribution is -0.385. The summed E-state index contributed by atoms with van der Waals surface area (Å²) >= 11 is 0. The molecule has 1 aromatic heterocycles. The molecule has 4 rings (SSSR count). The van der Waals surface area contributed by atoms with Crippen LogP contribution in [0.25, 0.3) is 23.0 Å². The number of nitro groups is 1. The molecule has 1 aliphatic heterocycles. The molecule has 0 bridgehead atoms. The van der Waals surface area contributed by atoms with Crippen LogP contribution in [0.2, 0.25) is 0 Å². The standard InChI is InChI=1S/C29H27N5O5/c1-5-18(3)33-28(35)23(19(4)24(16-30)29(33)36)14-21-17-32(22-10-8-7-9-11-22)31-27(21)20-12-13-26(39-6-2)25(15-20)34(37)38/h7-15,17-18H,5-6H2,1-4H3/b23-14+. The van der Waals surface area contributed by atoms with E-state index in [4.69, 9.17) is 9.84 Å². The van der Waals surface area contributed by atoms with E-state index in [1.165, 1.54) is 12.1 Å². The van der Waals surface area contributed by atoms with Crippen molar-refractivity contribution >= 4 is 23.6 Å². The van der Waals surface area contributed by atoms with Crippen LogP contribution >= 0.6 is 0 Å². The fraction of sp³-hybridized carbons (Fsp3) is 0.241. The number of nitro benzene ring substituents is 1. The average Bonchev–Trinajstić information content (AvgIpc) is 3.36. The van der Waals surface area contributed by atoms with Crippen LogP contribution in [0.15, 0.2) is 71.4 Å². The van der Waals surface area contributed by atoms with Gasteiger partial charge in [-0.3, -0.25) is 24.6 Å². The Kier molecular flexibility index (Phi) is 7.72. The number of benzene rings is 2. The molecule has 0 aliphatic carbocycles. The molecule has 2 amide bonds. The summed E-state index contributed by atoms with van der Waals surface area (Å²) in [5.74, 6) is -0.993. The van der Waals surface area contributed by atoms with E-state index >= 15 is 0 Å². The lowest BCUT2D eigenvalue weighted by atomic mass is 9.92. The van der Waals surface area contributed by atoms with Gasteiger partial charge in [-0.15, -0.1) is 0 Å². The van der Waals surface area contributed by atoms with Crippen molar-refractivity contribution in [1.29, 1.82) is 5.26 Å². The van der Waals surface area contributed by atoms with Crippen LogP contribution in [-0.2, 0) is 9.59 Å². The van der Waals surface area contributed by atoms with Crippen molar-refractivity contribution < 1.29 is 19.2 Å². The molecule has 0 fully saturated rings. The summed E-state index contributed by atoms with van der Waals surface area (Å²) in [6.07, 6.45) is 3.81. The van der Waals surface area contributed by atoms with E-state index < -0.39 is 22.8 Å². The maximum Gasteiger partial charge on any atom is 0.311 e. The van der Waals surface area contributed by atoms with Crippen LogP contribution in [0.5, 0.6) is 5.75 Å². The van der Waals surface area contributed by atoms with Crippen LogP contribution in [0, 0.1) is 21.4 Å². The van der Waals surface area contributed by atoms with Gasteiger partial charge in [0.25, 0.3) is 11.8 Å². The van der Waals surface area contributed by atoms with Crippen LogP contribution in [0.4, 0.5) is 5.69 Å². The SMILES string of the molecule is CCOc1ccc(-c2nn(-c3ccccc3)cc2/C=C2/C(=O)N(C(C)CC)C(=O)C(C#N)=C2C)cc1[N+](=O)[O-]. The third kappa shape index (κ3) is 5.07. The minimum absolute atomic E-state index is 0.102. The molecule has 0 saturated heterocycles. The molecule has 1 unspecified atom stereocenters. The third-order valence-electron chi connectivity index (χ3n) is 6.60. The Hall–Kier alpha value is -5.04. The lowest BCUT2D eigenvalue weighted by Crippen LogP contribution is -2.47. The highest BCUT2D eigenvalue weighted by molar-refractivity contribution is 6.20. The van der Waals surface area contributed by atoms with Gasteiger partial charge >= 0.3 is 5.69 Å². The van der Waals surface area contributed by atoms with Gasteiger partial charge < -0.3 is 4.74 Å². The molecule has 3 aromatic rings. The third-order valence-corrected chi connectivity index (χ3v) is 6.60. The van der Waals surface area contributed by atoms with Gasteiger partial charge in [0.05, 0.1) is 17.2 Å². The molecule has 0 saturated carbocycles. The van der Waals surface area contributed by atoms with E-state index in [-0.39, 0.29) is 34.8 Å². The Bertz CT molecular complexity index is 1560. The first-order chi connectivity index (χ1) is 18.7. The topological polar surface area (TPSA) is 131 Å². The Balaban J connectivity index is 1.96. The van der Waals surface area contributed by atoms with Gasteiger partial charge in [0.15, 0.2) is 5.75 Å². The Morgan fingerprint density at radius 3 is 2.49 bits per heavy atom. The summed E-state index contributed by atoms with van der Waals surface area (Å²) in [7, 11) is 0. The predicted molar refractivity (Wildman–Crippen MR) is 145 cm³/mol. The van der Waals surface area contributed by atoms with Gasteiger partial charge in [-0.05, 0) is 63.1 Å². The number of amides is 2. The highest BCUT2D eigenvalue weighted by Crippen LogP contribution is 2.36. The maximum absolute atomic E-state index is 13.6. The summed E-state index contributed by atoms with van der Waals surface area (Å²) in [4.78, 5) is 38.9. The van der Waals surface area contributed by atoms with E-state index in [1.54, 1.807) is 43.8 Å². The second kappa shape index (κ2) is 11.1. The molecule has 1 atom stereocenters. The Labute approximate surface area is 225 Å². The number of imide groups is 1. The van der Waals surface area contributed by atoms with Crippen LogP contribution in [0.3, 0.4) is 0 Å². The average molecular weight is 526 g/mol. The van der Waals surface area contributed by atoms with Crippen molar-refractivity contribution in [3.63, 3.8) is 0 Å². The van der Waals surface area contributed by atoms with E-state index in [0.717, 1.165) is 10.6 Å². The van der Waals surface area contributed by atoms with Crippen molar-refractivity contribution in [2.45, 2.75) is 40.2 Å². The van der Waals surface area contributed by atoms with Gasteiger partial charge in [-0.1, -0.05) is 25.1 Å². The molecule has 198 valence electrons. The highest BCUT2D eigenvalue weighted by atomic mass is 16.6. The van der Waals surface area contributed by atoms with E-state index in [0.29, 0.717) is 23.2 Å². The Morgan fingerprint density at radius 2 is 1.87 bits per heavy atom. The van der Waals surface area contributed by atoms with Gasteiger partial charge in [0, 0.05) is 35.0 Å². The first-order valence-corrected chi connectivity index (χ1v) is 12.5. The van der Waals surface area contributed by atoms with Gasteiger partial charge in [0.1, 0.15) is 17.3 Å². The quantitative estimate of drug-likeness (QED) is 0.170. The molecular weight excluding hydrogens is 498 g/mol. The summed E-state index contributed by atoms with van der Waals surface area (Å²) in [5.41, 5.74) is 2.16. The fourth-order valence-electron chi connectivity index (χ4n) is 4.35. The van der Waals surface area contributed by atoms with Crippen molar-refractivity contribution in [1.82, 2.24) is 14.7 Å². The van der Waals surface area contributed by atoms with Crippen molar-refractivity contribution in [2.75, 3.05) is 6.61 Å². The molecule has 0 N–H and O–H groups in total. The number of ether oxygens (including phenoxy) is 1. The largest absolute Gasteiger partial charge is 0.487 e. The van der Waals surface area contributed by atoms with E-state index in [2.05, 4.69) is 0 Å². The number of aromatic nitrogens is 2. The Morgan fingerprint density at radius 1 is 1.15 bits per heavy atom. The predicted octanol–water partition coefficient (Wildman–Crippen LogP) is 5.24. The molecule has 0 radical (unpaired) electrons. The summed E-state index contributed by atoms with van der Waals surface area (Å²) < 4.78 is 7.03. The van der Waals surface area contributed by atoms with Crippen LogP contribution < -0.4 is 4.74 Å². The lowest BCUT2D eigenvalue weighted by Gasteiger charge is -2.31. The number of para-hydroxylation sites is 1. The number of hydrogen-bond acceptors (Lipinski definition) is 7. The zero-order chi connectivity index (χ0) is 28.3. The van der Waals surface area contributed by atoms with Gasteiger partial charge in [-0.25, -0.2) is 4.68 Å². The van der Waals surface area contributed by atoms with Crippen LogP contribution in [-0.4, -0.2) is 44.1 Å². The van der Waals surface area contributed by atoms with E-state index in [1.807, 2.05) is 43.3 Å². The summed E-state index contributed by atoms with van der Waals surface area (Å²) in [6.45, 7) is 7.18. The maximum atomic E-state index is 13.6. The zero-order valence-electron chi connectivity index (χ0n) is 22.0. The number of carbonyl (C=O) groups is 2. The molecule has 10 heteroatoms. The molecule has 1 aliphatic rings. The van der Waals surface area contributed by atoms with Gasteiger partial charge in [0.2, 0.25) is 0 Å². The second-order valence-electron chi connectivity index (χ2n) is 8.99. The summed E-state index contributed by atoms with van der Waals surface area (Å²) in [6, 6.07) is 15.4. The van der Waals surface area contributed by atoms with Crippen molar-refractivity contribution in [2.24, 2.45) is 0 Å². The molecule has 39 heavy (non-hydrogen) atoms. The first kappa shape index (κ1) is 27.0. The van der Waals surface area contributed by atoms with Gasteiger partial charge in [-0.2, -0.15) is 10.4 Å². The van der Waals surface area contributed by atoms with Crippen molar-refractivity contribution in [3.05, 3.63) is 87.1 Å². The minimum Gasteiger partial charge on any atom is -0.487 e. The molecule has 10 nitrogen and oxygen atoms in total. The second-order valence-corrected chi connectivity index (χ2v) is 8.99. The number of nitrogens with zero attached hydrogens (tertiary/aromatic N) is 5. The smallest absolute Gasteiger partial charge is 0.311 e. The van der Waals surface area contributed by atoms with Crippen molar-refractivity contribution in [3.8, 4) is 28.8 Å². The monoisotopic (exact) mass is 525 g/mol. The molecular formula is C29H27N5O5. The molecule has 2 aromatic carbocycles. The van der Waals surface area contributed by atoms with Crippen LogP contribution in [0.1, 0.15) is 39.7 Å². The number of rotatable bonds is 8. The highest BCUT2D eigenvalue weighted by Gasteiger charge is 2.38. The number of carbonyl (C=O) groups excluding carboxylic acids is 2. The summed E-state index contributed by atoms with van der Waals surface area (Å²) in [5, 5.41) is 26.2. The molecule has 2 heterocycles. The minimum atomic E-state index is -0.617. The molecule has 0 spiro atoms. The number of nitriles is 1. The first-order valence-electron chi connectivity index (χ1n) is 12.5. The van der Waals surface area contributed by atoms with E-state index in [9.17, 15) is 25.0 Å².